The van der Waals surface area contributed by atoms with E-state index < -0.39 is 4.92 Å². The van der Waals surface area contributed by atoms with E-state index in [0.717, 1.165) is 0 Å². The molecule has 3 rings (SSSR count). The Hall–Kier alpha value is -2.71. The summed E-state index contributed by atoms with van der Waals surface area (Å²) in [6, 6.07) is 9.47. The monoisotopic (exact) mass is 374 g/mol. The molecule has 0 N–H and O–H groups in total. The van der Waals surface area contributed by atoms with Gasteiger partial charge in [-0.25, -0.2) is 9.98 Å². The average Bonchev–Trinajstić information content (AvgIpc) is 2.85. The topological polar surface area (TPSA) is 88.7 Å². The van der Waals surface area contributed by atoms with Crippen LogP contribution < -0.4 is 0 Å². The van der Waals surface area contributed by atoms with E-state index >= 15 is 0 Å². The number of aliphatic imine (C=N–C) groups is 1. The van der Waals surface area contributed by atoms with E-state index in [1.54, 1.807) is 43.6 Å². The van der Waals surface area contributed by atoms with Crippen molar-refractivity contribution in [1.82, 2.24) is 9.88 Å². The number of halogens is 1. The van der Waals surface area contributed by atoms with Crippen LogP contribution in [0, 0.1) is 10.1 Å². The van der Waals surface area contributed by atoms with Gasteiger partial charge in [-0.2, -0.15) is 0 Å². The molecular weight excluding hydrogens is 364 g/mol. The molecule has 7 nitrogen and oxygen atoms in total. The first kappa shape index (κ1) is 17.1. The summed E-state index contributed by atoms with van der Waals surface area (Å²) in [6.45, 7) is 0. The minimum Gasteiger partial charge on any atom is -0.290 e. The molecule has 1 fully saturated rings. The molecule has 2 heterocycles. The maximum atomic E-state index is 12.4. The number of nitro benzene ring substituents is 1. The third kappa shape index (κ3) is 3.70. The third-order valence-corrected chi connectivity index (χ3v) is 4.69. The quantitative estimate of drug-likeness (QED) is 0.352. The highest BCUT2D eigenvalue weighted by atomic mass is 35.5. The normalized spacial score (nSPS) is 17.5. The van der Waals surface area contributed by atoms with Crippen LogP contribution in [-0.2, 0) is 4.79 Å². The maximum absolute atomic E-state index is 12.4. The number of rotatable bonds is 3. The van der Waals surface area contributed by atoms with Crippen LogP contribution in [0.1, 0.15) is 5.56 Å². The molecule has 9 heteroatoms. The first-order valence-electron chi connectivity index (χ1n) is 7.07. The third-order valence-electron chi connectivity index (χ3n) is 3.34. The Kier molecular flexibility index (Phi) is 4.82. The number of amidine groups is 1. The number of aromatic nitrogens is 1. The van der Waals surface area contributed by atoms with Gasteiger partial charge in [-0.15, -0.1) is 0 Å². The number of non-ortho nitro benzene ring substituents is 1. The Bertz CT molecular complexity index is 929. The molecule has 1 aromatic carbocycles. The summed E-state index contributed by atoms with van der Waals surface area (Å²) in [5.74, 6) is -0.240. The van der Waals surface area contributed by atoms with Gasteiger partial charge in [0.2, 0.25) is 0 Å². The first-order valence-corrected chi connectivity index (χ1v) is 8.26. The number of pyridine rings is 1. The number of amides is 1. The van der Waals surface area contributed by atoms with Gasteiger partial charge in [-0.3, -0.25) is 19.8 Å². The number of hydrogen-bond acceptors (Lipinski definition) is 6. The van der Waals surface area contributed by atoms with Crippen LogP contribution in [0.5, 0.6) is 0 Å². The summed E-state index contributed by atoms with van der Waals surface area (Å²) in [5.41, 5.74) is 0.996. The van der Waals surface area contributed by atoms with Gasteiger partial charge in [0.05, 0.1) is 9.83 Å². The van der Waals surface area contributed by atoms with Crippen molar-refractivity contribution in [1.29, 1.82) is 0 Å². The second-order valence-electron chi connectivity index (χ2n) is 5.03. The minimum atomic E-state index is -0.477. The molecule has 1 aliphatic rings. The Morgan fingerprint density at radius 1 is 1.36 bits per heavy atom. The Balaban J connectivity index is 1.92. The van der Waals surface area contributed by atoms with Crippen molar-refractivity contribution in [2.45, 2.75) is 0 Å². The fourth-order valence-corrected chi connectivity index (χ4v) is 3.24. The summed E-state index contributed by atoms with van der Waals surface area (Å²) >= 11 is 7.16. The summed E-state index contributed by atoms with van der Waals surface area (Å²) < 4.78 is 0. The summed E-state index contributed by atoms with van der Waals surface area (Å²) in [4.78, 5) is 32.9. The van der Waals surface area contributed by atoms with Crippen molar-refractivity contribution >= 4 is 51.9 Å². The van der Waals surface area contributed by atoms with Crippen LogP contribution in [0.4, 0.5) is 11.4 Å². The lowest BCUT2D eigenvalue weighted by molar-refractivity contribution is -0.384. The largest absolute Gasteiger partial charge is 0.290 e. The van der Waals surface area contributed by atoms with E-state index in [9.17, 15) is 14.9 Å². The van der Waals surface area contributed by atoms with Gasteiger partial charge in [0.25, 0.3) is 11.6 Å². The number of hydrogen-bond donors (Lipinski definition) is 0. The van der Waals surface area contributed by atoms with E-state index in [1.165, 1.54) is 28.8 Å². The highest BCUT2D eigenvalue weighted by Gasteiger charge is 2.30. The molecule has 0 radical (unpaired) electrons. The van der Waals surface area contributed by atoms with E-state index in [4.69, 9.17) is 11.6 Å². The summed E-state index contributed by atoms with van der Waals surface area (Å²) in [6.07, 6.45) is 3.15. The van der Waals surface area contributed by atoms with Crippen molar-refractivity contribution in [2.24, 2.45) is 4.99 Å². The van der Waals surface area contributed by atoms with E-state index in [0.29, 0.717) is 21.3 Å². The SMILES string of the molecule is CN1C(=O)/C(=C/c2cccc([N+](=O)[O-])c2)SC1=Nc1cccnc1Cl. The molecule has 0 unspecified atom stereocenters. The molecule has 1 amide bonds. The molecule has 0 spiro atoms. The Morgan fingerprint density at radius 2 is 2.16 bits per heavy atom. The molecular formula is C16H11ClN4O3S. The van der Waals surface area contributed by atoms with E-state index in [-0.39, 0.29) is 16.7 Å². The lowest BCUT2D eigenvalue weighted by atomic mass is 10.2. The van der Waals surface area contributed by atoms with Gasteiger partial charge in [0.1, 0.15) is 5.69 Å². The van der Waals surface area contributed by atoms with Gasteiger partial charge in [-0.05, 0) is 35.5 Å². The van der Waals surface area contributed by atoms with Crippen LogP contribution in [0.3, 0.4) is 0 Å². The molecule has 1 saturated heterocycles. The van der Waals surface area contributed by atoms with Gasteiger partial charge in [0, 0.05) is 25.4 Å². The van der Waals surface area contributed by atoms with E-state index in [1.807, 2.05) is 0 Å². The number of nitrogens with zero attached hydrogens (tertiary/aromatic N) is 4. The van der Waals surface area contributed by atoms with Crippen LogP contribution in [0.15, 0.2) is 52.5 Å². The van der Waals surface area contributed by atoms with Crippen LogP contribution in [0.2, 0.25) is 5.15 Å². The van der Waals surface area contributed by atoms with Gasteiger partial charge >= 0.3 is 0 Å². The van der Waals surface area contributed by atoms with Gasteiger partial charge < -0.3 is 0 Å². The minimum absolute atomic E-state index is 0.0332. The highest BCUT2D eigenvalue weighted by molar-refractivity contribution is 8.18. The van der Waals surface area contributed by atoms with Gasteiger partial charge in [0.15, 0.2) is 10.3 Å². The van der Waals surface area contributed by atoms with Crippen molar-refractivity contribution in [2.75, 3.05) is 7.05 Å². The molecule has 25 heavy (non-hydrogen) atoms. The molecule has 126 valence electrons. The smallest absolute Gasteiger partial charge is 0.270 e. The van der Waals surface area contributed by atoms with Crippen molar-refractivity contribution in [3.63, 3.8) is 0 Å². The van der Waals surface area contributed by atoms with Crippen LogP contribution in [0.25, 0.3) is 6.08 Å². The second kappa shape index (κ2) is 7.04. The first-order chi connectivity index (χ1) is 12.0. The molecule has 1 aromatic heterocycles. The zero-order valence-electron chi connectivity index (χ0n) is 12.9. The number of thioether (sulfide) groups is 1. The zero-order chi connectivity index (χ0) is 18.0. The molecule has 0 atom stereocenters. The summed E-state index contributed by atoms with van der Waals surface area (Å²) in [7, 11) is 1.60. The number of carbonyl (C=O) groups is 1. The molecule has 0 bridgehead atoms. The second-order valence-corrected chi connectivity index (χ2v) is 6.40. The number of carbonyl (C=O) groups excluding carboxylic acids is 1. The molecule has 1 aliphatic heterocycles. The van der Waals surface area contributed by atoms with Crippen molar-refractivity contribution in [3.05, 3.63) is 68.3 Å². The van der Waals surface area contributed by atoms with Crippen LogP contribution >= 0.6 is 23.4 Å². The zero-order valence-corrected chi connectivity index (χ0v) is 14.5. The fraction of sp³-hybridized carbons (Fsp3) is 0.0625. The average molecular weight is 375 g/mol. The van der Waals surface area contributed by atoms with Gasteiger partial charge in [-0.1, -0.05) is 23.7 Å². The van der Waals surface area contributed by atoms with E-state index in [2.05, 4.69) is 9.98 Å². The molecule has 0 saturated carbocycles. The number of nitro groups is 1. The maximum Gasteiger partial charge on any atom is 0.270 e. The lowest BCUT2D eigenvalue weighted by Crippen LogP contribution is -2.23. The van der Waals surface area contributed by atoms with Crippen LogP contribution in [-0.4, -0.2) is 32.9 Å². The standard InChI is InChI=1S/C16H11ClN4O3S/c1-20-15(22)13(9-10-4-2-5-11(8-10)21(23)24)25-16(20)19-12-6-3-7-18-14(12)17/h2-9H,1H3/b13-9-,19-16?. The Labute approximate surface area is 152 Å². The predicted molar refractivity (Wildman–Crippen MR) is 97.8 cm³/mol. The predicted octanol–water partition coefficient (Wildman–Crippen LogP) is 3.88. The lowest BCUT2D eigenvalue weighted by Gasteiger charge is -2.07. The summed E-state index contributed by atoms with van der Waals surface area (Å²) in [5, 5.41) is 11.6. The molecule has 0 aliphatic carbocycles. The molecule has 2 aromatic rings. The van der Waals surface area contributed by atoms with Crippen molar-refractivity contribution in [3.8, 4) is 0 Å². The number of benzene rings is 1. The number of likely N-dealkylation sites (N-methyl/N-ethyl adjacent to an activating group) is 1. The highest BCUT2D eigenvalue weighted by Crippen LogP contribution is 2.34. The Morgan fingerprint density at radius 3 is 2.88 bits per heavy atom. The van der Waals surface area contributed by atoms with Crippen molar-refractivity contribution < 1.29 is 9.72 Å². The fourth-order valence-electron chi connectivity index (χ4n) is 2.10.